The predicted octanol–water partition coefficient (Wildman–Crippen LogP) is 2.62. The molecule has 0 aliphatic rings. The van der Waals surface area contributed by atoms with E-state index in [2.05, 4.69) is 32.2 Å². The van der Waals surface area contributed by atoms with E-state index >= 15 is 0 Å². The van der Waals surface area contributed by atoms with Crippen molar-refractivity contribution in [2.75, 3.05) is 14.2 Å². The van der Waals surface area contributed by atoms with Crippen molar-refractivity contribution in [3.63, 3.8) is 0 Å². The van der Waals surface area contributed by atoms with Crippen LogP contribution in [0.4, 0.5) is 0 Å². The predicted molar refractivity (Wildman–Crippen MR) is 77.3 cm³/mol. The van der Waals surface area contributed by atoms with Crippen LogP contribution in [0.15, 0.2) is 6.07 Å². The molecular formula is C15H26N2O. The molecule has 1 aromatic carbocycles. The summed E-state index contributed by atoms with van der Waals surface area (Å²) in [5.74, 6) is 0.993. The fraction of sp³-hybridized carbons (Fsp3) is 0.600. The maximum atomic E-state index is 5.93. The highest BCUT2D eigenvalue weighted by Gasteiger charge is 2.20. The quantitative estimate of drug-likeness (QED) is 0.844. The molecule has 2 atom stereocenters. The topological polar surface area (TPSA) is 47.3 Å². The first-order valence-corrected chi connectivity index (χ1v) is 6.49. The van der Waals surface area contributed by atoms with Crippen molar-refractivity contribution < 1.29 is 4.74 Å². The third kappa shape index (κ3) is 3.03. The molecule has 0 saturated carbocycles. The van der Waals surface area contributed by atoms with Crippen LogP contribution < -0.4 is 15.8 Å². The molecule has 0 radical (unpaired) electrons. The molecule has 18 heavy (non-hydrogen) atoms. The van der Waals surface area contributed by atoms with E-state index in [0.717, 1.165) is 12.2 Å². The van der Waals surface area contributed by atoms with Crippen molar-refractivity contribution in [1.82, 2.24) is 5.32 Å². The van der Waals surface area contributed by atoms with Crippen LogP contribution in [0.25, 0.3) is 0 Å². The Morgan fingerprint density at radius 2 is 1.89 bits per heavy atom. The minimum Gasteiger partial charge on any atom is -0.496 e. The van der Waals surface area contributed by atoms with E-state index < -0.39 is 0 Å². The van der Waals surface area contributed by atoms with E-state index in [9.17, 15) is 0 Å². The van der Waals surface area contributed by atoms with Gasteiger partial charge >= 0.3 is 0 Å². The Morgan fingerprint density at radius 3 is 2.33 bits per heavy atom. The van der Waals surface area contributed by atoms with E-state index in [-0.39, 0.29) is 12.1 Å². The summed E-state index contributed by atoms with van der Waals surface area (Å²) >= 11 is 0. The van der Waals surface area contributed by atoms with Gasteiger partial charge in [0, 0.05) is 17.6 Å². The SMILES string of the molecule is CNC(CC(C)N)c1c(C)cc(C)c(C)c1OC. The van der Waals surface area contributed by atoms with Crippen LogP contribution in [0.2, 0.25) is 0 Å². The summed E-state index contributed by atoms with van der Waals surface area (Å²) < 4.78 is 5.62. The zero-order valence-electron chi connectivity index (χ0n) is 12.4. The Bertz CT molecular complexity index is 413. The third-order valence-electron chi connectivity index (χ3n) is 3.54. The Hall–Kier alpha value is -1.06. The summed E-state index contributed by atoms with van der Waals surface area (Å²) in [6.07, 6.45) is 0.899. The van der Waals surface area contributed by atoms with Crippen molar-refractivity contribution in [3.8, 4) is 5.75 Å². The van der Waals surface area contributed by atoms with Crippen molar-refractivity contribution in [2.24, 2.45) is 5.73 Å². The van der Waals surface area contributed by atoms with Gasteiger partial charge in [0.25, 0.3) is 0 Å². The minimum absolute atomic E-state index is 0.160. The highest BCUT2D eigenvalue weighted by molar-refractivity contribution is 5.51. The summed E-state index contributed by atoms with van der Waals surface area (Å²) in [6.45, 7) is 8.40. The number of ether oxygens (including phenoxy) is 1. The molecule has 0 spiro atoms. The second kappa shape index (κ2) is 6.21. The van der Waals surface area contributed by atoms with Gasteiger partial charge < -0.3 is 15.8 Å². The van der Waals surface area contributed by atoms with Gasteiger partial charge in [-0.2, -0.15) is 0 Å². The second-order valence-electron chi connectivity index (χ2n) is 5.14. The minimum atomic E-state index is 0.160. The van der Waals surface area contributed by atoms with Gasteiger partial charge in [-0.15, -0.1) is 0 Å². The zero-order valence-corrected chi connectivity index (χ0v) is 12.4. The molecule has 0 aliphatic heterocycles. The zero-order chi connectivity index (χ0) is 13.9. The highest BCUT2D eigenvalue weighted by atomic mass is 16.5. The van der Waals surface area contributed by atoms with E-state index in [1.54, 1.807) is 7.11 Å². The van der Waals surface area contributed by atoms with Crippen LogP contribution in [-0.2, 0) is 0 Å². The summed E-state index contributed by atoms with van der Waals surface area (Å²) in [5, 5.41) is 3.35. The van der Waals surface area contributed by atoms with Crippen molar-refractivity contribution in [3.05, 3.63) is 28.3 Å². The Kier molecular flexibility index (Phi) is 5.17. The first-order valence-electron chi connectivity index (χ1n) is 6.49. The lowest BCUT2D eigenvalue weighted by molar-refractivity contribution is 0.391. The van der Waals surface area contributed by atoms with Gasteiger partial charge in [-0.3, -0.25) is 0 Å². The maximum Gasteiger partial charge on any atom is 0.127 e. The highest BCUT2D eigenvalue weighted by Crippen LogP contribution is 2.35. The largest absolute Gasteiger partial charge is 0.496 e. The fourth-order valence-electron chi connectivity index (χ4n) is 2.52. The normalized spacial score (nSPS) is 14.4. The number of rotatable bonds is 5. The van der Waals surface area contributed by atoms with Crippen molar-refractivity contribution in [2.45, 2.75) is 46.2 Å². The van der Waals surface area contributed by atoms with Gasteiger partial charge in [0.15, 0.2) is 0 Å². The second-order valence-corrected chi connectivity index (χ2v) is 5.14. The number of aryl methyl sites for hydroxylation is 2. The molecule has 0 aliphatic carbocycles. The molecule has 2 unspecified atom stereocenters. The Morgan fingerprint density at radius 1 is 1.28 bits per heavy atom. The van der Waals surface area contributed by atoms with E-state index in [0.29, 0.717) is 0 Å². The molecular weight excluding hydrogens is 224 g/mol. The Balaban J connectivity index is 3.32. The van der Waals surface area contributed by atoms with E-state index in [4.69, 9.17) is 10.5 Å². The van der Waals surface area contributed by atoms with E-state index in [1.807, 2.05) is 14.0 Å². The van der Waals surface area contributed by atoms with Crippen molar-refractivity contribution >= 4 is 0 Å². The van der Waals surface area contributed by atoms with Gasteiger partial charge in [-0.25, -0.2) is 0 Å². The summed E-state index contributed by atoms with van der Waals surface area (Å²) in [5.41, 5.74) is 10.9. The molecule has 102 valence electrons. The van der Waals surface area contributed by atoms with Gasteiger partial charge in [0.2, 0.25) is 0 Å². The lowest BCUT2D eigenvalue weighted by Crippen LogP contribution is -2.27. The van der Waals surface area contributed by atoms with Gasteiger partial charge in [0.05, 0.1) is 7.11 Å². The molecule has 0 saturated heterocycles. The van der Waals surface area contributed by atoms with Gasteiger partial charge in [-0.05, 0) is 57.9 Å². The average molecular weight is 250 g/mol. The number of methoxy groups -OCH3 is 1. The smallest absolute Gasteiger partial charge is 0.127 e. The third-order valence-corrected chi connectivity index (χ3v) is 3.54. The number of benzene rings is 1. The summed E-state index contributed by atoms with van der Waals surface area (Å²) in [4.78, 5) is 0. The van der Waals surface area contributed by atoms with Gasteiger partial charge in [-0.1, -0.05) is 6.07 Å². The van der Waals surface area contributed by atoms with Crippen LogP contribution in [-0.4, -0.2) is 20.2 Å². The number of nitrogens with two attached hydrogens (primary N) is 1. The number of hydrogen-bond donors (Lipinski definition) is 2. The molecule has 3 heteroatoms. The molecule has 3 nitrogen and oxygen atoms in total. The lowest BCUT2D eigenvalue weighted by Gasteiger charge is -2.25. The van der Waals surface area contributed by atoms with Crippen LogP contribution in [0.1, 0.15) is 41.6 Å². The lowest BCUT2D eigenvalue weighted by atomic mass is 9.91. The van der Waals surface area contributed by atoms with Crippen molar-refractivity contribution in [1.29, 1.82) is 0 Å². The first kappa shape index (κ1) is 15.0. The molecule has 1 aromatic rings. The molecule has 0 bridgehead atoms. The number of hydrogen-bond acceptors (Lipinski definition) is 3. The van der Waals surface area contributed by atoms with Crippen LogP contribution in [0.3, 0.4) is 0 Å². The first-order chi connectivity index (χ1) is 8.42. The molecule has 0 heterocycles. The molecule has 0 fully saturated rings. The monoisotopic (exact) mass is 250 g/mol. The fourth-order valence-corrected chi connectivity index (χ4v) is 2.52. The maximum absolute atomic E-state index is 5.93. The van der Waals surface area contributed by atoms with Crippen LogP contribution in [0.5, 0.6) is 5.75 Å². The molecule has 0 aromatic heterocycles. The summed E-state index contributed by atoms with van der Waals surface area (Å²) in [7, 11) is 3.71. The van der Waals surface area contributed by atoms with Gasteiger partial charge in [0.1, 0.15) is 5.75 Å². The number of nitrogens with one attached hydrogen (secondary N) is 1. The summed E-state index contributed by atoms with van der Waals surface area (Å²) in [6, 6.07) is 2.62. The molecule has 3 N–H and O–H groups in total. The standard InChI is InChI=1S/C15H26N2O/c1-9-7-10(2)14(15(18-6)12(9)4)13(17-5)8-11(3)16/h7,11,13,17H,8,16H2,1-6H3. The van der Waals surface area contributed by atoms with Crippen LogP contribution >= 0.6 is 0 Å². The van der Waals surface area contributed by atoms with Crippen LogP contribution in [0, 0.1) is 20.8 Å². The molecule has 1 rings (SSSR count). The molecule has 0 amide bonds. The average Bonchev–Trinajstić information content (AvgIpc) is 2.30. The Labute approximate surface area is 111 Å². The van der Waals surface area contributed by atoms with E-state index in [1.165, 1.54) is 22.3 Å².